The summed E-state index contributed by atoms with van der Waals surface area (Å²) in [6, 6.07) is 16.7. The van der Waals surface area contributed by atoms with E-state index in [0.717, 1.165) is 11.1 Å². The molecule has 0 fully saturated rings. The van der Waals surface area contributed by atoms with Gasteiger partial charge in [0.05, 0.1) is 18.8 Å². The van der Waals surface area contributed by atoms with Gasteiger partial charge in [0.2, 0.25) is 5.91 Å². The van der Waals surface area contributed by atoms with Crippen LogP contribution in [-0.2, 0) is 11.3 Å². The Morgan fingerprint density at radius 1 is 1.14 bits per heavy atom. The van der Waals surface area contributed by atoms with E-state index in [9.17, 15) is 9.59 Å². The number of nitrogens with one attached hydrogen (secondary N) is 1. The molecule has 28 heavy (non-hydrogen) atoms. The molecule has 0 atom stereocenters. The molecule has 0 aliphatic rings. The molecule has 6 nitrogen and oxygen atoms in total. The van der Waals surface area contributed by atoms with Crippen molar-refractivity contribution in [1.82, 2.24) is 9.55 Å². The highest BCUT2D eigenvalue weighted by Gasteiger charge is 2.14. The Morgan fingerprint density at radius 2 is 1.89 bits per heavy atom. The Bertz CT molecular complexity index is 1180. The second kappa shape index (κ2) is 7.66. The number of amides is 1. The van der Waals surface area contributed by atoms with Crippen LogP contribution in [0.5, 0.6) is 5.75 Å². The maximum absolute atomic E-state index is 13.0. The predicted octanol–water partition coefficient (Wildman–Crippen LogP) is 3.77. The average Bonchev–Trinajstić information content (AvgIpc) is 3.16. The molecule has 2 aromatic carbocycles. The fraction of sp³-hybridized carbons (Fsp3) is 0.0952. The van der Waals surface area contributed by atoms with Gasteiger partial charge < -0.3 is 10.1 Å². The fourth-order valence-electron chi connectivity index (χ4n) is 2.94. The number of nitrogens with zero attached hydrogens (tertiary/aromatic N) is 2. The average molecular weight is 391 g/mol. The van der Waals surface area contributed by atoms with Crippen molar-refractivity contribution in [3.63, 3.8) is 0 Å². The molecule has 0 aliphatic heterocycles. The molecule has 140 valence electrons. The summed E-state index contributed by atoms with van der Waals surface area (Å²) in [7, 11) is 1.58. The summed E-state index contributed by atoms with van der Waals surface area (Å²) in [6.07, 6.45) is 1.42. The fourth-order valence-corrected chi connectivity index (χ4v) is 3.85. The number of rotatable bonds is 5. The standard InChI is InChI=1S/C21H17N3O3S/c1-27-16-9-7-15(8-10-16)23-18(25)11-24-13-22-20-19(21(24)26)17(12-28-20)14-5-3-2-4-6-14/h2-10,12-13H,11H2,1H3,(H,23,25). The minimum Gasteiger partial charge on any atom is -0.497 e. The highest BCUT2D eigenvalue weighted by atomic mass is 32.1. The molecule has 1 N–H and O–H groups in total. The number of thiophene rings is 1. The van der Waals surface area contributed by atoms with Crippen molar-refractivity contribution in [2.45, 2.75) is 6.54 Å². The first-order valence-corrected chi connectivity index (χ1v) is 9.49. The third kappa shape index (κ3) is 3.52. The summed E-state index contributed by atoms with van der Waals surface area (Å²) in [4.78, 5) is 30.4. The zero-order chi connectivity index (χ0) is 19.5. The molecule has 1 amide bonds. The van der Waals surface area contributed by atoms with E-state index in [1.165, 1.54) is 22.2 Å². The Kier molecular flexibility index (Phi) is 4.90. The number of hydrogen-bond donors (Lipinski definition) is 1. The Hall–Kier alpha value is -3.45. The van der Waals surface area contributed by atoms with Crippen LogP contribution in [0.3, 0.4) is 0 Å². The molecule has 2 heterocycles. The summed E-state index contributed by atoms with van der Waals surface area (Å²) in [5, 5.41) is 5.24. The van der Waals surface area contributed by atoms with Gasteiger partial charge in [-0.25, -0.2) is 4.98 Å². The molecule has 0 saturated carbocycles. The largest absolute Gasteiger partial charge is 0.497 e. The minimum absolute atomic E-state index is 0.113. The highest BCUT2D eigenvalue weighted by molar-refractivity contribution is 7.17. The Labute approximate surface area is 165 Å². The lowest BCUT2D eigenvalue weighted by atomic mass is 10.1. The van der Waals surface area contributed by atoms with Crippen LogP contribution in [0.2, 0.25) is 0 Å². The van der Waals surface area contributed by atoms with Gasteiger partial charge in [0.1, 0.15) is 17.1 Å². The monoisotopic (exact) mass is 391 g/mol. The van der Waals surface area contributed by atoms with E-state index < -0.39 is 0 Å². The maximum atomic E-state index is 13.0. The number of carbonyl (C=O) groups is 1. The van der Waals surface area contributed by atoms with Gasteiger partial charge in [-0.1, -0.05) is 30.3 Å². The molecule has 0 spiro atoms. The maximum Gasteiger partial charge on any atom is 0.263 e. The molecule has 2 aromatic heterocycles. The van der Waals surface area contributed by atoms with Gasteiger partial charge in [-0.2, -0.15) is 0 Å². The van der Waals surface area contributed by atoms with Crippen molar-refractivity contribution < 1.29 is 9.53 Å². The van der Waals surface area contributed by atoms with Crippen LogP contribution in [0.25, 0.3) is 21.3 Å². The minimum atomic E-state index is -0.301. The molecule has 0 radical (unpaired) electrons. The summed E-state index contributed by atoms with van der Waals surface area (Å²) in [6.45, 7) is -0.113. The zero-order valence-electron chi connectivity index (χ0n) is 15.1. The van der Waals surface area contributed by atoms with E-state index in [1.54, 1.807) is 31.4 Å². The SMILES string of the molecule is COc1ccc(NC(=O)Cn2cnc3scc(-c4ccccc4)c3c2=O)cc1. The second-order valence-electron chi connectivity index (χ2n) is 6.15. The Morgan fingerprint density at radius 3 is 2.61 bits per heavy atom. The van der Waals surface area contributed by atoms with Gasteiger partial charge in [-0.3, -0.25) is 14.2 Å². The van der Waals surface area contributed by atoms with Crippen molar-refractivity contribution in [1.29, 1.82) is 0 Å². The number of fused-ring (bicyclic) bond motifs is 1. The smallest absolute Gasteiger partial charge is 0.263 e. The van der Waals surface area contributed by atoms with E-state index in [0.29, 0.717) is 21.7 Å². The van der Waals surface area contributed by atoms with E-state index in [-0.39, 0.29) is 18.0 Å². The van der Waals surface area contributed by atoms with E-state index in [2.05, 4.69) is 10.3 Å². The lowest BCUT2D eigenvalue weighted by Gasteiger charge is -2.08. The summed E-state index contributed by atoms with van der Waals surface area (Å²) < 4.78 is 6.43. The zero-order valence-corrected chi connectivity index (χ0v) is 15.9. The highest BCUT2D eigenvalue weighted by Crippen LogP contribution is 2.30. The van der Waals surface area contributed by atoms with Crippen LogP contribution < -0.4 is 15.6 Å². The van der Waals surface area contributed by atoms with Gasteiger partial charge in [0.15, 0.2) is 0 Å². The van der Waals surface area contributed by atoms with Crippen molar-refractivity contribution in [2.75, 3.05) is 12.4 Å². The van der Waals surface area contributed by atoms with Crippen LogP contribution >= 0.6 is 11.3 Å². The first kappa shape index (κ1) is 17.9. The van der Waals surface area contributed by atoms with Crippen LogP contribution in [0.15, 0.2) is 71.1 Å². The van der Waals surface area contributed by atoms with Gasteiger partial charge >= 0.3 is 0 Å². The van der Waals surface area contributed by atoms with E-state index >= 15 is 0 Å². The first-order valence-electron chi connectivity index (χ1n) is 8.61. The third-order valence-corrected chi connectivity index (χ3v) is 5.22. The van der Waals surface area contributed by atoms with Crippen LogP contribution in [-0.4, -0.2) is 22.6 Å². The number of methoxy groups -OCH3 is 1. The third-order valence-electron chi connectivity index (χ3n) is 4.33. The Balaban J connectivity index is 1.61. The second-order valence-corrected chi connectivity index (χ2v) is 7.01. The van der Waals surface area contributed by atoms with Gasteiger partial charge in [0.25, 0.3) is 5.56 Å². The lowest BCUT2D eigenvalue weighted by Crippen LogP contribution is -2.27. The summed E-state index contributed by atoms with van der Waals surface area (Å²) in [5.74, 6) is 0.402. The van der Waals surface area contributed by atoms with Crippen LogP contribution in [0.1, 0.15) is 0 Å². The quantitative estimate of drug-likeness (QED) is 0.562. The van der Waals surface area contributed by atoms with Crippen molar-refractivity contribution in [3.05, 3.63) is 76.7 Å². The molecular weight excluding hydrogens is 374 g/mol. The molecule has 0 aliphatic carbocycles. The number of ether oxygens (including phenoxy) is 1. The number of aromatic nitrogens is 2. The molecule has 4 aromatic rings. The number of benzene rings is 2. The summed E-state index contributed by atoms with van der Waals surface area (Å²) in [5.41, 5.74) is 2.19. The van der Waals surface area contributed by atoms with Gasteiger partial charge in [-0.15, -0.1) is 11.3 Å². The number of carbonyl (C=O) groups excluding carboxylic acids is 1. The molecule has 4 rings (SSSR count). The predicted molar refractivity (Wildman–Crippen MR) is 111 cm³/mol. The summed E-state index contributed by atoms with van der Waals surface area (Å²) >= 11 is 1.42. The van der Waals surface area contributed by atoms with Gasteiger partial charge in [0, 0.05) is 16.6 Å². The van der Waals surface area contributed by atoms with Crippen LogP contribution in [0, 0.1) is 0 Å². The molecule has 0 saturated heterocycles. The van der Waals surface area contributed by atoms with Crippen molar-refractivity contribution in [3.8, 4) is 16.9 Å². The molecule has 0 bridgehead atoms. The molecule has 7 heteroatoms. The van der Waals surface area contributed by atoms with E-state index in [1.807, 2.05) is 35.7 Å². The van der Waals surface area contributed by atoms with Crippen molar-refractivity contribution >= 4 is 33.1 Å². The van der Waals surface area contributed by atoms with E-state index in [4.69, 9.17) is 4.74 Å². The normalized spacial score (nSPS) is 10.8. The van der Waals surface area contributed by atoms with Gasteiger partial charge in [-0.05, 0) is 29.8 Å². The molecular formula is C21H17N3O3S. The van der Waals surface area contributed by atoms with Crippen LogP contribution in [0.4, 0.5) is 5.69 Å². The number of hydrogen-bond acceptors (Lipinski definition) is 5. The molecule has 0 unspecified atom stereocenters. The number of anilines is 1. The lowest BCUT2D eigenvalue weighted by molar-refractivity contribution is -0.116. The van der Waals surface area contributed by atoms with Crippen molar-refractivity contribution in [2.24, 2.45) is 0 Å². The first-order chi connectivity index (χ1) is 13.7. The topological polar surface area (TPSA) is 73.2 Å².